The molecule has 2 aromatic carbocycles. The van der Waals surface area contributed by atoms with Crippen LogP contribution in [0.25, 0.3) is 11.3 Å². The van der Waals surface area contributed by atoms with Gasteiger partial charge in [0.05, 0.1) is 5.56 Å². The molecule has 0 bridgehead atoms. The first-order valence-electron chi connectivity index (χ1n) is 9.16. The molecular formula is C21H16F3N3O3. The third-order valence-electron chi connectivity index (χ3n) is 4.72. The van der Waals surface area contributed by atoms with Gasteiger partial charge in [0.25, 0.3) is 5.91 Å². The highest BCUT2D eigenvalue weighted by Gasteiger charge is 2.31. The number of carbonyl (C=O) groups is 2. The lowest BCUT2D eigenvalue weighted by Gasteiger charge is -2.11. The van der Waals surface area contributed by atoms with E-state index in [4.69, 9.17) is 4.42 Å². The Hall–Kier alpha value is -3.62. The van der Waals surface area contributed by atoms with Crippen molar-refractivity contribution in [1.82, 2.24) is 4.98 Å². The summed E-state index contributed by atoms with van der Waals surface area (Å²) in [5, 5.41) is 5.49. The van der Waals surface area contributed by atoms with E-state index in [0.717, 1.165) is 24.1 Å². The number of hydrogen-bond acceptors (Lipinski definition) is 4. The molecule has 154 valence electrons. The largest absolute Gasteiger partial charge is 0.443 e. The molecule has 0 aliphatic carbocycles. The van der Waals surface area contributed by atoms with Crippen molar-refractivity contribution in [3.8, 4) is 11.3 Å². The van der Waals surface area contributed by atoms with Gasteiger partial charge >= 0.3 is 6.18 Å². The predicted molar refractivity (Wildman–Crippen MR) is 103 cm³/mol. The molecule has 1 aliphatic heterocycles. The van der Waals surface area contributed by atoms with Crippen molar-refractivity contribution in [3.05, 3.63) is 65.7 Å². The number of aromatic nitrogens is 1. The Labute approximate surface area is 169 Å². The molecule has 6 nitrogen and oxygen atoms in total. The Balaban J connectivity index is 1.59. The summed E-state index contributed by atoms with van der Waals surface area (Å²) in [6.45, 7) is 0. The number of rotatable bonds is 3. The van der Waals surface area contributed by atoms with Crippen LogP contribution in [-0.4, -0.2) is 16.8 Å². The monoisotopic (exact) mass is 415 g/mol. The molecule has 9 heteroatoms. The average Bonchev–Trinajstić information content (AvgIpc) is 3.12. The van der Waals surface area contributed by atoms with Crippen molar-refractivity contribution in [1.29, 1.82) is 0 Å². The quantitative estimate of drug-likeness (QED) is 0.638. The second kappa shape index (κ2) is 7.66. The lowest BCUT2D eigenvalue weighted by molar-refractivity contribution is -0.137. The van der Waals surface area contributed by atoms with Crippen molar-refractivity contribution >= 4 is 23.2 Å². The fourth-order valence-electron chi connectivity index (χ4n) is 3.29. The average molecular weight is 415 g/mol. The lowest BCUT2D eigenvalue weighted by atomic mass is 10.1. The van der Waals surface area contributed by atoms with E-state index in [9.17, 15) is 22.8 Å². The van der Waals surface area contributed by atoms with Gasteiger partial charge in [0, 0.05) is 23.4 Å². The van der Waals surface area contributed by atoms with E-state index in [0.29, 0.717) is 30.6 Å². The number of amides is 2. The molecule has 0 spiro atoms. The standard InChI is InChI=1S/C21H16F3N3O3/c22-21(23,24)14-5-1-4-13(9-14)19-18(25-11-30-19)20(29)26-15-7-8-16-12(10-15)3-2-6-17(28)27-16/h1,4-5,7-11H,2-3,6H2,(H,26,29)(H,27,28). The number of anilines is 2. The number of hydrogen-bond donors (Lipinski definition) is 2. The highest BCUT2D eigenvalue weighted by Crippen LogP contribution is 2.33. The number of nitrogens with one attached hydrogen (secondary N) is 2. The maximum atomic E-state index is 13.0. The second-order valence-electron chi connectivity index (χ2n) is 6.84. The maximum Gasteiger partial charge on any atom is 0.416 e. The first-order chi connectivity index (χ1) is 14.3. The molecule has 2 amide bonds. The molecule has 0 fully saturated rings. The minimum atomic E-state index is -4.52. The van der Waals surface area contributed by atoms with Crippen LogP contribution in [0.5, 0.6) is 0 Å². The maximum absolute atomic E-state index is 13.0. The van der Waals surface area contributed by atoms with E-state index < -0.39 is 17.6 Å². The summed E-state index contributed by atoms with van der Waals surface area (Å²) < 4.78 is 44.2. The summed E-state index contributed by atoms with van der Waals surface area (Å²) >= 11 is 0. The molecule has 4 rings (SSSR count). The number of oxazole rings is 1. The van der Waals surface area contributed by atoms with Crippen LogP contribution in [0.2, 0.25) is 0 Å². The van der Waals surface area contributed by atoms with Crippen LogP contribution in [0.4, 0.5) is 24.5 Å². The van der Waals surface area contributed by atoms with Crippen LogP contribution in [-0.2, 0) is 17.4 Å². The fraction of sp³-hybridized carbons (Fsp3) is 0.190. The van der Waals surface area contributed by atoms with Crippen molar-refractivity contribution in [2.75, 3.05) is 10.6 Å². The van der Waals surface area contributed by atoms with Crippen molar-refractivity contribution < 1.29 is 27.2 Å². The normalized spacial score (nSPS) is 13.9. The Morgan fingerprint density at radius 3 is 2.77 bits per heavy atom. The highest BCUT2D eigenvalue weighted by molar-refractivity contribution is 6.06. The number of fused-ring (bicyclic) bond motifs is 1. The van der Waals surface area contributed by atoms with Crippen LogP contribution in [0, 0.1) is 0 Å². The van der Waals surface area contributed by atoms with Crippen LogP contribution in [0.1, 0.15) is 34.5 Å². The molecule has 3 aromatic rings. The summed E-state index contributed by atoms with van der Waals surface area (Å²) in [4.78, 5) is 28.2. The molecule has 30 heavy (non-hydrogen) atoms. The number of carbonyl (C=O) groups excluding carboxylic acids is 2. The zero-order valence-electron chi connectivity index (χ0n) is 15.5. The van der Waals surface area contributed by atoms with Gasteiger partial charge in [0.15, 0.2) is 17.8 Å². The number of alkyl halides is 3. The number of halogens is 3. The van der Waals surface area contributed by atoms with Gasteiger partial charge < -0.3 is 15.1 Å². The lowest BCUT2D eigenvalue weighted by Crippen LogP contribution is -2.14. The molecular weight excluding hydrogens is 399 g/mol. The van der Waals surface area contributed by atoms with E-state index in [1.165, 1.54) is 12.1 Å². The van der Waals surface area contributed by atoms with Gasteiger partial charge in [-0.1, -0.05) is 12.1 Å². The topological polar surface area (TPSA) is 84.2 Å². The summed E-state index contributed by atoms with van der Waals surface area (Å²) in [5.41, 5.74) is 1.18. The van der Waals surface area contributed by atoms with Crippen molar-refractivity contribution in [2.24, 2.45) is 0 Å². The Morgan fingerprint density at radius 2 is 1.97 bits per heavy atom. The zero-order chi connectivity index (χ0) is 21.3. The molecule has 0 saturated carbocycles. The van der Waals surface area contributed by atoms with E-state index >= 15 is 0 Å². The van der Waals surface area contributed by atoms with E-state index in [1.54, 1.807) is 18.2 Å². The third-order valence-corrected chi connectivity index (χ3v) is 4.72. The SMILES string of the molecule is O=C1CCCc2cc(NC(=O)c3ncoc3-c3cccc(C(F)(F)F)c3)ccc2N1. The highest BCUT2D eigenvalue weighted by atomic mass is 19.4. The van der Waals surface area contributed by atoms with Gasteiger partial charge in [-0.05, 0) is 48.7 Å². The van der Waals surface area contributed by atoms with Gasteiger partial charge in [-0.2, -0.15) is 13.2 Å². The van der Waals surface area contributed by atoms with E-state index in [1.807, 2.05) is 0 Å². The summed E-state index contributed by atoms with van der Waals surface area (Å²) in [7, 11) is 0. The predicted octanol–water partition coefficient (Wildman–Crippen LogP) is 4.89. The molecule has 0 unspecified atom stereocenters. The van der Waals surface area contributed by atoms with Gasteiger partial charge in [-0.3, -0.25) is 9.59 Å². The number of benzene rings is 2. The molecule has 2 N–H and O–H groups in total. The van der Waals surface area contributed by atoms with Gasteiger partial charge in [0.2, 0.25) is 5.91 Å². The summed E-state index contributed by atoms with van der Waals surface area (Å²) in [5.74, 6) is -0.728. The molecule has 0 radical (unpaired) electrons. The Bertz CT molecular complexity index is 1120. The van der Waals surface area contributed by atoms with Crippen molar-refractivity contribution in [3.63, 3.8) is 0 Å². The molecule has 1 aromatic heterocycles. The number of aryl methyl sites for hydroxylation is 1. The molecule has 0 atom stereocenters. The molecule has 0 saturated heterocycles. The van der Waals surface area contributed by atoms with E-state index in [-0.39, 0.29) is 22.9 Å². The third kappa shape index (κ3) is 4.05. The van der Waals surface area contributed by atoms with Crippen LogP contribution < -0.4 is 10.6 Å². The van der Waals surface area contributed by atoms with Crippen molar-refractivity contribution in [2.45, 2.75) is 25.4 Å². The smallest absolute Gasteiger partial charge is 0.416 e. The second-order valence-corrected chi connectivity index (χ2v) is 6.84. The van der Waals surface area contributed by atoms with Crippen LogP contribution >= 0.6 is 0 Å². The fourth-order valence-corrected chi connectivity index (χ4v) is 3.29. The summed E-state index contributed by atoms with van der Waals surface area (Å²) in [6.07, 6.45) is -1.71. The van der Waals surface area contributed by atoms with Crippen LogP contribution in [0.15, 0.2) is 53.3 Å². The molecule has 2 heterocycles. The van der Waals surface area contributed by atoms with Gasteiger partial charge in [-0.25, -0.2) is 4.98 Å². The van der Waals surface area contributed by atoms with Crippen LogP contribution in [0.3, 0.4) is 0 Å². The van der Waals surface area contributed by atoms with Gasteiger partial charge in [-0.15, -0.1) is 0 Å². The minimum Gasteiger partial charge on any atom is -0.443 e. The zero-order valence-corrected chi connectivity index (χ0v) is 15.5. The first-order valence-corrected chi connectivity index (χ1v) is 9.16. The Kier molecular flexibility index (Phi) is 5.03. The van der Waals surface area contributed by atoms with E-state index in [2.05, 4.69) is 15.6 Å². The first kappa shape index (κ1) is 19.7. The Morgan fingerprint density at radius 1 is 1.13 bits per heavy atom. The molecule has 1 aliphatic rings. The number of nitrogens with zero attached hydrogens (tertiary/aromatic N) is 1. The van der Waals surface area contributed by atoms with Gasteiger partial charge in [0.1, 0.15) is 0 Å². The summed E-state index contributed by atoms with van der Waals surface area (Å²) in [6, 6.07) is 9.58. The minimum absolute atomic E-state index is 0.0550.